The lowest BCUT2D eigenvalue weighted by Gasteiger charge is -2.14. The van der Waals surface area contributed by atoms with Crippen molar-refractivity contribution in [3.05, 3.63) is 29.8 Å². The highest BCUT2D eigenvalue weighted by atomic mass is 32.2. The minimum absolute atomic E-state index is 0.215. The van der Waals surface area contributed by atoms with Gasteiger partial charge < -0.3 is 11.1 Å². The van der Waals surface area contributed by atoms with Gasteiger partial charge in [-0.15, -0.1) is 0 Å². The summed E-state index contributed by atoms with van der Waals surface area (Å²) in [4.78, 5) is 12.0. The van der Waals surface area contributed by atoms with Crippen molar-refractivity contribution < 1.29 is 9.00 Å². The maximum absolute atomic E-state index is 12.0. The third-order valence-electron chi connectivity index (χ3n) is 2.69. The second kappa shape index (κ2) is 7.40. The molecule has 0 fully saturated rings. The number of rotatable bonds is 6. The maximum atomic E-state index is 12.0. The lowest BCUT2D eigenvalue weighted by atomic mass is 10.2. The van der Waals surface area contributed by atoms with Crippen molar-refractivity contribution in [3.8, 4) is 0 Å². The Hall–Kier alpha value is -1.20. The first-order chi connectivity index (χ1) is 8.93. The molecule has 0 spiro atoms. The summed E-state index contributed by atoms with van der Waals surface area (Å²) in [6, 6.07) is 7.37. The van der Waals surface area contributed by atoms with E-state index >= 15 is 0 Å². The molecule has 106 valence electrons. The molecule has 4 nitrogen and oxygen atoms in total. The van der Waals surface area contributed by atoms with E-state index in [0.717, 1.165) is 5.56 Å². The van der Waals surface area contributed by atoms with Crippen LogP contribution >= 0.6 is 0 Å². The van der Waals surface area contributed by atoms with Crippen LogP contribution in [0.15, 0.2) is 24.3 Å². The molecule has 19 heavy (non-hydrogen) atoms. The maximum Gasteiger partial charge on any atom is 0.239 e. The molecule has 1 aromatic carbocycles. The fourth-order valence-electron chi connectivity index (χ4n) is 1.61. The van der Waals surface area contributed by atoms with Crippen molar-refractivity contribution in [2.24, 2.45) is 11.7 Å². The molecule has 0 aliphatic carbocycles. The van der Waals surface area contributed by atoms with Crippen LogP contribution in [0, 0.1) is 5.92 Å². The Morgan fingerprint density at radius 3 is 2.63 bits per heavy atom. The van der Waals surface area contributed by atoms with Gasteiger partial charge in [-0.05, 0) is 30.5 Å². The molecule has 1 rings (SSSR count). The zero-order chi connectivity index (χ0) is 14.4. The highest BCUT2D eigenvalue weighted by Crippen LogP contribution is 2.12. The van der Waals surface area contributed by atoms with Gasteiger partial charge in [-0.3, -0.25) is 9.00 Å². The van der Waals surface area contributed by atoms with E-state index in [1.165, 1.54) is 0 Å². The molecule has 0 saturated heterocycles. The second-order valence-corrected chi connectivity index (χ2v) is 6.78. The summed E-state index contributed by atoms with van der Waals surface area (Å²) in [5.74, 6) is 0.641. The van der Waals surface area contributed by atoms with Crippen LogP contribution in [0.5, 0.6) is 0 Å². The van der Waals surface area contributed by atoms with Crippen molar-refractivity contribution >= 4 is 22.4 Å². The number of benzene rings is 1. The molecule has 0 radical (unpaired) electrons. The van der Waals surface area contributed by atoms with Gasteiger partial charge >= 0.3 is 0 Å². The fraction of sp³-hybridized carbons (Fsp3) is 0.500. The predicted octanol–water partition coefficient (Wildman–Crippen LogP) is 1.88. The number of hydrogen-bond acceptors (Lipinski definition) is 3. The SMILES string of the molecule is CC(C)CS(=O)C(C)C(=O)Nc1cccc(CN)c1. The third kappa shape index (κ3) is 5.12. The van der Waals surface area contributed by atoms with E-state index in [1.807, 2.05) is 32.0 Å². The summed E-state index contributed by atoms with van der Waals surface area (Å²) in [6.07, 6.45) is 0. The van der Waals surface area contributed by atoms with E-state index in [-0.39, 0.29) is 5.91 Å². The number of hydrogen-bond donors (Lipinski definition) is 2. The van der Waals surface area contributed by atoms with Gasteiger partial charge in [-0.1, -0.05) is 26.0 Å². The van der Waals surface area contributed by atoms with E-state index in [2.05, 4.69) is 5.32 Å². The Labute approximate surface area is 117 Å². The lowest BCUT2D eigenvalue weighted by Crippen LogP contribution is -2.31. The van der Waals surface area contributed by atoms with Crippen LogP contribution in [0.2, 0.25) is 0 Å². The minimum Gasteiger partial charge on any atom is -0.326 e. The average Bonchev–Trinajstić information content (AvgIpc) is 2.37. The third-order valence-corrected chi connectivity index (χ3v) is 4.69. The van der Waals surface area contributed by atoms with Crippen molar-refractivity contribution in [1.82, 2.24) is 0 Å². The molecular weight excluding hydrogens is 260 g/mol. The van der Waals surface area contributed by atoms with Gasteiger partial charge in [0.15, 0.2) is 0 Å². The Morgan fingerprint density at radius 1 is 1.37 bits per heavy atom. The van der Waals surface area contributed by atoms with Crippen molar-refractivity contribution in [2.75, 3.05) is 11.1 Å². The standard InChI is InChI=1S/C14H22N2O2S/c1-10(2)9-19(18)11(3)14(17)16-13-6-4-5-12(7-13)8-15/h4-7,10-11H,8-9,15H2,1-3H3,(H,16,17). The molecule has 0 aliphatic heterocycles. The normalized spacial score (nSPS) is 14.2. The summed E-state index contributed by atoms with van der Waals surface area (Å²) >= 11 is 0. The number of carbonyl (C=O) groups is 1. The van der Waals surface area contributed by atoms with E-state index in [4.69, 9.17) is 5.73 Å². The van der Waals surface area contributed by atoms with Crippen LogP contribution in [0.4, 0.5) is 5.69 Å². The summed E-state index contributed by atoms with van der Waals surface area (Å²) in [5, 5.41) is 2.27. The molecule has 1 amide bonds. The summed E-state index contributed by atoms with van der Waals surface area (Å²) in [5.41, 5.74) is 7.20. The lowest BCUT2D eigenvalue weighted by molar-refractivity contribution is -0.115. The molecular formula is C14H22N2O2S. The fourth-order valence-corrected chi connectivity index (χ4v) is 2.86. The van der Waals surface area contributed by atoms with Crippen LogP contribution in [0.3, 0.4) is 0 Å². The smallest absolute Gasteiger partial charge is 0.239 e. The summed E-state index contributed by atoms with van der Waals surface area (Å²) in [7, 11) is -1.14. The number of amides is 1. The van der Waals surface area contributed by atoms with Crippen molar-refractivity contribution in [3.63, 3.8) is 0 Å². The molecule has 0 aliphatic rings. The number of nitrogens with two attached hydrogens (primary N) is 1. The Morgan fingerprint density at radius 2 is 2.05 bits per heavy atom. The largest absolute Gasteiger partial charge is 0.326 e. The molecule has 1 aromatic rings. The van der Waals surface area contributed by atoms with Gasteiger partial charge in [0.05, 0.1) is 0 Å². The Kier molecular flexibility index (Phi) is 6.18. The van der Waals surface area contributed by atoms with Crippen LogP contribution in [0.25, 0.3) is 0 Å². The minimum atomic E-state index is -1.14. The molecule has 2 unspecified atom stereocenters. The zero-order valence-corrected chi connectivity index (χ0v) is 12.5. The average molecular weight is 282 g/mol. The molecule has 0 aromatic heterocycles. The number of nitrogens with one attached hydrogen (secondary N) is 1. The quantitative estimate of drug-likeness (QED) is 0.836. The van der Waals surface area contributed by atoms with E-state index in [1.54, 1.807) is 13.0 Å². The van der Waals surface area contributed by atoms with E-state index in [9.17, 15) is 9.00 Å². The first-order valence-electron chi connectivity index (χ1n) is 6.41. The predicted molar refractivity (Wildman–Crippen MR) is 80.3 cm³/mol. The van der Waals surface area contributed by atoms with E-state index in [0.29, 0.717) is 23.9 Å². The topological polar surface area (TPSA) is 72.2 Å². The van der Waals surface area contributed by atoms with Crippen LogP contribution < -0.4 is 11.1 Å². The highest BCUT2D eigenvalue weighted by Gasteiger charge is 2.20. The second-order valence-electron chi connectivity index (χ2n) is 4.98. The van der Waals surface area contributed by atoms with Gasteiger partial charge in [-0.2, -0.15) is 0 Å². The van der Waals surface area contributed by atoms with Gasteiger partial charge in [0.25, 0.3) is 0 Å². The van der Waals surface area contributed by atoms with Gasteiger partial charge in [0.1, 0.15) is 5.25 Å². The first-order valence-corrected chi connectivity index (χ1v) is 7.79. The van der Waals surface area contributed by atoms with Crippen LogP contribution in [-0.2, 0) is 22.1 Å². The molecule has 5 heteroatoms. The molecule has 2 atom stereocenters. The number of anilines is 1. The highest BCUT2D eigenvalue weighted by molar-refractivity contribution is 7.86. The van der Waals surface area contributed by atoms with Gasteiger partial charge in [0.2, 0.25) is 5.91 Å². The monoisotopic (exact) mass is 282 g/mol. The summed E-state index contributed by atoms with van der Waals surface area (Å²) in [6.45, 7) is 6.11. The summed E-state index contributed by atoms with van der Waals surface area (Å²) < 4.78 is 11.9. The van der Waals surface area contributed by atoms with E-state index < -0.39 is 16.0 Å². The first kappa shape index (κ1) is 15.9. The molecule has 0 saturated carbocycles. The van der Waals surface area contributed by atoms with Crippen LogP contribution in [0.1, 0.15) is 26.3 Å². The molecule has 0 heterocycles. The Balaban J connectivity index is 2.65. The zero-order valence-electron chi connectivity index (χ0n) is 11.7. The molecule has 3 N–H and O–H groups in total. The Bertz CT molecular complexity index is 461. The van der Waals surface area contributed by atoms with Crippen molar-refractivity contribution in [2.45, 2.75) is 32.6 Å². The van der Waals surface area contributed by atoms with Gasteiger partial charge in [-0.25, -0.2) is 0 Å². The van der Waals surface area contributed by atoms with Crippen LogP contribution in [-0.4, -0.2) is 21.1 Å². The number of carbonyl (C=O) groups excluding carboxylic acids is 1. The van der Waals surface area contributed by atoms with Crippen molar-refractivity contribution in [1.29, 1.82) is 0 Å². The molecule has 0 bridgehead atoms. The van der Waals surface area contributed by atoms with Gasteiger partial charge in [0, 0.05) is 28.8 Å².